The van der Waals surface area contributed by atoms with Crippen molar-refractivity contribution >= 4 is 11.6 Å². The fraction of sp³-hybridized carbons (Fsp3) is 0.588. The highest BCUT2D eigenvalue weighted by atomic mass is 16.5. The van der Waals surface area contributed by atoms with Gasteiger partial charge < -0.3 is 15.0 Å². The highest BCUT2D eigenvalue weighted by Gasteiger charge is 2.25. The van der Waals surface area contributed by atoms with Gasteiger partial charge in [-0.25, -0.2) is 0 Å². The Morgan fingerprint density at radius 1 is 1.09 bits per heavy atom. The van der Waals surface area contributed by atoms with Gasteiger partial charge in [0.1, 0.15) is 5.75 Å². The number of amides is 1. The van der Waals surface area contributed by atoms with Gasteiger partial charge in [-0.05, 0) is 45.0 Å². The first-order chi connectivity index (χ1) is 10.5. The molecule has 0 spiro atoms. The van der Waals surface area contributed by atoms with Crippen molar-refractivity contribution in [2.45, 2.75) is 32.9 Å². The first kappa shape index (κ1) is 16.6. The number of hydrogen-bond acceptors (Lipinski definition) is 4. The molecule has 1 heterocycles. The molecule has 0 aliphatic carbocycles. The zero-order valence-corrected chi connectivity index (χ0v) is 14.0. The molecule has 1 aromatic carbocycles. The van der Waals surface area contributed by atoms with Crippen molar-refractivity contribution in [1.82, 2.24) is 10.2 Å². The molecule has 1 saturated heterocycles. The molecule has 122 valence electrons. The maximum absolute atomic E-state index is 12.1. The number of anilines is 1. The van der Waals surface area contributed by atoms with Crippen LogP contribution in [0.15, 0.2) is 24.3 Å². The molecule has 1 atom stereocenters. The van der Waals surface area contributed by atoms with Crippen LogP contribution in [0.2, 0.25) is 0 Å². The van der Waals surface area contributed by atoms with E-state index >= 15 is 0 Å². The van der Waals surface area contributed by atoms with Crippen LogP contribution in [-0.2, 0) is 4.79 Å². The Labute approximate surface area is 133 Å². The normalized spacial score (nSPS) is 17.4. The number of nitrogens with zero attached hydrogens (tertiary/aromatic N) is 2. The third-order valence-electron chi connectivity index (χ3n) is 4.11. The number of ether oxygens (including phenoxy) is 1. The van der Waals surface area contributed by atoms with Crippen molar-refractivity contribution in [3.05, 3.63) is 24.3 Å². The Kier molecular flexibility index (Phi) is 5.66. The van der Waals surface area contributed by atoms with Crippen molar-refractivity contribution in [2.24, 2.45) is 0 Å². The Morgan fingerprint density at radius 3 is 2.18 bits per heavy atom. The van der Waals surface area contributed by atoms with Crippen LogP contribution in [0.4, 0.5) is 5.69 Å². The van der Waals surface area contributed by atoms with Crippen molar-refractivity contribution in [3.8, 4) is 5.75 Å². The molecule has 2 rings (SSSR count). The van der Waals surface area contributed by atoms with E-state index in [2.05, 4.69) is 27.2 Å². The van der Waals surface area contributed by atoms with Gasteiger partial charge in [-0.2, -0.15) is 0 Å². The molecule has 1 aromatic rings. The topological polar surface area (TPSA) is 44.8 Å². The van der Waals surface area contributed by atoms with E-state index < -0.39 is 0 Å². The number of carbonyl (C=O) groups is 1. The molecule has 1 amide bonds. The maximum Gasteiger partial charge on any atom is 0.237 e. The van der Waals surface area contributed by atoms with E-state index in [1.165, 1.54) is 5.69 Å². The van der Waals surface area contributed by atoms with Gasteiger partial charge in [0.2, 0.25) is 5.91 Å². The van der Waals surface area contributed by atoms with Gasteiger partial charge in [0.25, 0.3) is 0 Å². The minimum atomic E-state index is -0.0691. The van der Waals surface area contributed by atoms with E-state index in [0.29, 0.717) is 0 Å². The monoisotopic (exact) mass is 305 g/mol. The number of rotatable bonds is 5. The predicted octanol–water partition coefficient (Wildman–Crippen LogP) is 1.73. The molecule has 1 fully saturated rings. The summed E-state index contributed by atoms with van der Waals surface area (Å²) in [7, 11) is 1.68. The van der Waals surface area contributed by atoms with Crippen LogP contribution in [-0.4, -0.2) is 56.2 Å². The molecule has 1 N–H and O–H groups in total. The third kappa shape index (κ3) is 4.13. The lowest BCUT2D eigenvalue weighted by atomic mass is 10.2. The number of nitrogens with one attached hydrogen (secondary N) is 1. The summed E-state index contributed by atoms with van der Waals surface area (Å²) in [4.78, 5) is 16.7. The molecule has 0 unspecified atom stereocenters. The zero-order chi connectivity index (χ0) is 16.1. The number of piperazine rings is 1. The molecule has 1 aliphatic heterocycles. The lowest BCUT2D eigenvalue weighted by Gasteiger charge is -2.38. The summed E-state index contributed by atoms with van der Waals surface area (Å²) in [5, 5.41) is 2.99. The van der Waals surface area contributed by atoms with Crippen LogP contribution in [0.5, 0.6) is 5.75 Å². The van der Waals surface area contributed by atoms with E-state index in [4.69, 9.17) is 4.74 Å². The largest absolute Gasteiger partial charge is 0.497 e. The number of hydrogen-bond donors (Lipinski definition) is 1. The Balaban J connectivity index is 1.88. The standard InChI is InChI=1S/C17H27N3O2/c1-13(2)18-17(21)14(3)19-9-11-20(12-10-19)15-5-7-16(22-4)8-6-15/h5-8,13-14H,9-12H2,1-4H3,(H,18,21)/t14-/m0/s1. The minimum Gasteiger partial charge on any atom is -0.497 e. The highest BCUT2D eigenvalue weighted by Crippen LogP contribution is 2.21. The van der Waals surface area contributed by atoms with Crippen LogP contribution in [0.1, 0.15) is 20.8 Å². The summed E-state index contributed by atoms with van der Waals surface area (Å²) in [6.45, 7) is 9.65. The van der Waals surface area contributed by atoms with Crippen LogP contribution in [0.25, 0.3) is 0 Å². The molecular formula is C17H27N3O2. The Hall–Kier alpha value is -1.75. The average molecular weight is 305 g/mol. The average Bonchev–Trinajstić information content (AvgIpc) is 2.54. The summed E-state index contributed by atoms with van der Waals surface area (Å²) in [5.41, 5.74) is 1.21. The van der Waals surface area contributed by atoms with Crippen LogP contribution < -0.4 is 15.0 Å². The summed E-state index contributed by atoms with van der Waals surface area (Å²) in [6, 6.07) is 8.27. The van der Waals surface area contributed by atoms with Crippen LogP contribution >= 0.6 is 0 Å². The van der Waals surface area contributed by atoms with Crippen LogP contribution in [0.3, 0.4) is 0 Å². The van der Waals surface area contributed by atoms with E-state index in [-0.39, 0.29) is 18.0 Å². The summed E-state index contributed by atoms with van der Waals surface area (Å²) >= 11 is 0. The van der Waals surface area contributed by atoms with E-state index in [1.54, 1.807) is 7.11 Å². The third-order valence-corrected chi connectivity index (χ3v) is 4.11. The van der Waals surface area contributed by atoms with Gasteiger partial charge in [-0.3, -0.25) is 9.69 Å². The Morgan fingerprint density at radius 2 is 1.68 bits per heavy atom. The minimum absolute atomic E-state index is 0.0691. The van der Waals surface area contributed by atoms with Gasteiger partial charge in [0, 0.05) is 37.9 Å². The fourth-order valence-electron chi connectivity index (χ4n) is 2.73. The molecule has 22 heavy (non-hydrogen) atoms. The van der Waals surface area contributed by atoms with Crippen molar-refractivity contribution in [2.75, 3.05) is 38.2 Å². The second-order valence-electron chi connectivity index (χ2n) is 6.06. The van der Waals surface area contributed by atoms with Crippen LogP contribution in [0, 0.1) is 0 Å². The maximum atomic E-state index is 12.1. The quantitative estimate of drug-likeness (QED) is 0.900. The first-order valence-corrected chi connectivity index (χ1v) is 7.94. The van der Waals surface area contributed by atoms with Crippen molar-refractivity contribution in [3.63, 3.8) is 0 Å². The molecule has 0 bridgehead atoms. The molecular weight excluding hydrogens is 278 g/mol. The zero-order valence-electron chi connectivity index (χ0n) is 14.0. The Bertz CT molecular complexity index is 479. The fourth-order valence-corrected chi connectivity index (χ4v) is 2.73. The number of benzene rings is 1. The summed E-state index contributed by atoms with van der Waals surface area (Å²) in [5.74, 6) is 0.995. The smallest absolute Gasteiger partial charge is 0.237 e. The lowest BCUT2D eigenvalue weighted by molar-refractivity contribution is -0.126. The van der Waals surface area contributed by atoms with E-state index in [0.717, 1.165) is 31.9 Å². The van der Waals surface area contributed by atoms with Gasteiger partial charge >= 0.3 is 0 Å². The van der Waals surface area contributed by atoms with E-state index in [1.807, 2.05) is 32.9 Å². The first-order valence-electron chi connectivity index (χ1n) is 7.94. The van der Waals surface area contributed by atoms with Gasteiger partial charge in [0.05, 0.1) is 13.2 Å². The highest BCUT2D eigenvalue weighted by molar-refractivity contribution is 5.81. The van der Waals surface area contributed by atoms with Gasteiger partial charge in [-0.15, -0.1) is 0 Å². The molecule has 0 saturated carbocycles. The molecule has 0 radical (unpaired) electrons. The molecule has 0 aromatic heterocycles. The van der Waals surface area contributed by atoms with Gasteiger partial charge in [-0.1, -0.05) is 0 Å². The second-order valence-corrected chi connectivity index (χ2v) is 6.06. The number of methoxy groups -OCH3 is 1. The molecule has 5 heteroatoms. The van der Waals surface area contributed by atoms with Crippen molar-refractivity contribution < 1.29 is 9.53 Å². The van der Waals surface area contributed by atoms with E-state index in [9.17, 15) is 4.79 Å². The second kappa shape index (κ2) is 7.49. The van der Waals surface area contributed by atoms with Crippen molar-refractivity contribution in [1.29, 1.82) is 0 Å². The molecule has 1 aliphatic rings. The SMILES string of the molecule is COc1ccc(N2CCN([C@@H](C)C(=O)NC(C)C)CC2)cc1. The predicted molar refractivity (Wildman–Crippen MR) is 89.5 cm³/mol. The summed E-state index contributed by atoms with van der Waals surface area (Å²) < 4.78 is 5.19. The molecule has 5 nitrogen and oxygen atoms in total. The number of carbonyl (C=O) groups excluding carboxylic acids is 1. The van der Waals surface area contributed by atoms with Gasteiger partial charge in [0.15, 0.2) is 0 Å². The summed E-state index contributed by atoms with van der Waals surface area (Å²) in [6.07, 6.45) is 0. The lowest BCUT2D eigenvalue weighted by Crippen LogP contribution is -2.54.